The Balaban J connectivity index is 1.61. The minimum Gasteiger partial charge on any atom is -0.364 e. The van der Waals surface area contributed by atoms with Crippen LogP contribution in [0.4, 0.5) is 5.13 Å². The van der Waals surface area contributed by atoms with Gasteiger partial charge in [-0.15, -0.1) is 21.5 Å². The maximum absolute atomic E-state index is 4.84. The van der Waals surface area contributed by atoms with Gasteiger partial charge in [0, 0.05) is 17.5 Å². The lowest BCUT2D eigenvalue weighted by atomic mass is 10.1. The molecule has 0 unspecified atom stereocenters. The molecule has 0 aliphatic carbocycles. The van der Waals surface area contributed by atoms with Gasteiger partial charge in [-0.25, -0.2) is 0 Å². The number of hydrogen-bond donors (Lipinski definition) is 0. The second-order valence-electron chi connectivity index (χ2n) is 4.32. The summed E-state index contributed by atoms with van der Waals surface area (Å²) in [5, 5.41) is 16.3. The van der Waals surface area contributed by atoms with Crippen molar-refractivity contribution in [3.8, 4) is 10.7 Å². The molecule has 7 heteroatoms. The molecule has 1 aliphatic heterocycles. The van der Waals surface area contributed by atoms with E-state index in [1.807, 2.05) is 11.3 Å². The van der Waals surface area contributed by atoms with Gasteiger partial charge in [0.15, 0.2) is 5.01 Å². The Bertz CT molecular complexity index is 688. The molecule has 19 heavy (non-hydrogen) atoms. The van der Waals surface area contributed by atoms with Crippen LogP contribution in [0.5, 0.6) is 0 Å². The first kappa shape index (κ1) is 11.1. The molecule has 0 amide bonds. The fourth-order valence-electron chi connectivity index (χ4n) is 2.17. The largest absolute Gasteiger partial charge is 0.364 e. The molecule has 96 valence electrons. The van der Waals surface area contributed by atoms with Crippen molar-refractivity contribution >= 4 is 27.8 Å². The molecule has 0 saturated heterocycles. The zero-order valence-electron chi connectivity index (χ0n) is 9.94. The van der Waals surface area contributed by atoms with E-state index < -0.39 is 0 Å². The van der Waals surface area contributed by atoms with E-state index in [1.165, 1.54) is 10.4 Å². The number of fused-ring (bicyclic) bond motifs is 1. The molecule has 3 aromatic heterocycles. The van der Waals surface area contributed by atoms with Crippen LogP contribution < -0.4 is 4.90 Å². The Kier molecular flexibility index (Phi) is 2.59. The Morgan fingerprint density at radius 3 is 3.16 bits per heavy atom. The van der Waals surface area contributed by atoms with Gasteiger partial charge in [-0.1, -0.05) is 16.5 Å². The van der Waals surface area contributed by atoms with E-state index in [0.717, 1.165) is 35.3 Å². The van der Waals surface area contributed by atoms with Crippen LogP contribution in [0.1, 0.15) is 10.4 Å². The molecule has 0 bridgehead atoms. The van der Waals surface area contributed by atoms with E-state index in [-0.39, 0.29) is 0 Å². The number of rotatable bonds is 2. The molecule has 0 spiro atoms. The van der Waals surface area contributed by atoms with Gasteiger partial charge in [0.1, 0.15) is 12.0 Å². The van der Waals surface area contributed by atoms with Crippen molar-refractivity contribution in [2.75, 3.05) is 11.4 Å². The Morgan fingerprint density at radius 1 is 1.26 bits per heavy atom. The SMILES string of the molecule is c1cc(-c2nnc(N3CCc4ccsc4C3)s2)no1. The van der Waals surface area contributed by atoms with Gasteiger partial charge in [0.2, 0.25) is 5.13 Å². The van der Waals surface area contributed by atoms with Crippen molar-refractivity contribution in [3.63, 3.8) is 0 Å². The maximum atomic E-state index is 4.84. The summed E-state index contributed by atoms with van der Waals surface area (Å²) in [7, 11) is 0. The topological polar surface area (TPSA) is 55.1 Å². The van der Waals surface area contributed by atoms with Gasteiger partial charge < -0.3 is 9.42 Å². The van der Waals surface area contributed by atoms with Crippen LogP contribution >= 0.6 is 22.7 Å². The molecule has 3 aromatic rings. The molecular weight excluding hydrogens is 280 g/mol. The molecule has 0 saturated carbocycles. The average molecular weight is 290 g/mol. The minimum absolute atomic E-state index is 0.748. The van der Waals surface area contributed by atoms with Crippen molar-refractivity contribution < 1.29 is 4.52 Å². The fourth-order valence-corrected chi connectivity index (χ4v) is 3.95. The summed E-state index contributed by atoms with van der Waals surface area (Å²) in [6.07, 6.45) is 2.63. The second kappa shape index (κ2) is 4.43. The van der Waals surface area contributed by atoms with Crippen LogP contribution in [-0.4, -0.2) is 21.9 Å². The van der Waals surface area contributed by atoms with E-state index in [0.29, 0.717) is 0 Å². The number of aromatic nitrogens is 3. The van der Waals surface area contributed by atoms with E-state index in [2.05, 4.69) is 31.7 Å². The summed E-state index contributed by atoms with van der Waals surface area (Å²) in [6, 6.07) is 4.02. The summed E-state index contributed by atoms with van der Waals surface area (Å²) < 4.78 is 4.84. The minimum atomic E-state index is 0.748. The predicted octanol–water partition coefficient (Wildman–Crippen LogP) is 2.82. The van der Waals surface area contributed by atoms with Crippen LogP contribution in [0.3, 0.4) is 0 Å². The molecule has 1 aliphatic rings. The Labute approximate surface area is 117 Å². The maximum Gasteiger partial charge on any atom is 0.208 e. The summed E-state index contributed by atoms with van der Waals surface area (Å²) >= 11 is 3.38. The normalized spacial score (nSPS) is 14.6. The van der Waals surface area contributed by atoms with Crippen LogP contribution in [0.25, 0.3) is 10.7 Å². The fraction of sp³-hybridized carbons (Fsp3) is 0.250. The zero-order valence-corrected chi connectivity index (χ0v) is 11.6. The zero-order chi connectivity index (χ0) is 12.7. The van der Waals surface area contributed by atoms with Gasteiger partial charge in [-0.2, -0.15) is 0 Å². The highest BCUT2D eigenvalue weighted by Gasteiger charge is 2.21. The van der Waals surface area contributed by atoms with Crippen molar-refractivity contribution in [1.29, 1.82) is 0 Å². The van der Waals surface area contributed by atoms with Crippen molar-refractivity contribution in [2.24, 2.45) is 0 Å². The molecule has 0 N–H and O–H groups in total. The van der Waals surface area contributed by atoms with Crippen molar-refractivity contribution in [2.45, 2.75) is 13.0 Å². The highest BCUT2D eigenvalue weighted by Crippen LogP contribution is 2.32. The predicted molar refractivity (Wildman–Crippen MR) is 74.5 cm³/mol. The van der Waals surface area contributed by atoms with E-state index in [4.69, 9.17) is 4.52 Å². The van der Waals surface area contributed by atoms with Crippen molar-refractivity contribution in [1.82, 2.24) is 15.4 Å². The van der Waals surface area contributed by atoms with E-state index in [1.54, 1.807) is 23.7 Å². The average Bonchev–Trinajstić information content (AvgIpc) is 3.18. The number of thiophene rings is 1. The molecule has 4 rings (SSSR count). The summed E-state index contributed by atoms with van der Waals surface area (Å²) in [6.45, 7) is 1.93. The Morgan fingerprint density at radius 2 is 2.26 bits per heavy atom. The molecule has 0 atom stereocenters. The standard InChI is InChI=1S/C12H10N4OS2/c1-4-16(7-10-8(1)3-6-18-10)12-14-13-11(19-12)9-2-5-17-15-9/h2-3,5-6H,1,4,7H2. The molecular formula is C12H10N4OS2. The van der Waals surface area contributed by atoms with Crippen LogP contribution in [0, 0.1) is 0 Å². The van der Waals surface area contributed by atoms with Gasteiger partial charge in [0.05, 0.1) is 6.54 Å². The lowest BCUT2D eigenvalue weighted by molar-refractivity contribution is 0.422. The smallest absolute Gasteiger partial charge is 0.208 e. The third kappa shape index (κ3) is 1.95. The number of hydrogen-bond acceptors (Lipinski definition) is 7. The molecule has 5 nitrogen and oxygen atoms in total. The first-order valence-electron chi connectivity index (χ1n) is 5.94. The van der Waals surface area contributed by atoms with Gasteiger partial charge in [-0.05, 0) is 23.4 Å². The Hall–Kier alpha value is -1.73. The van der Waals surface area contributed by atoms with Crippen molar-refractivity contribution in [3.05, 3.63) is 34.2 Å². The lowest BCUT2D eigenvalue weighted by Gasteiger charge is -2.25. The number of nitrogens with zero attached hydrogens (tertiary/aromatic N) is 4. The lowest BCUT2D eigenvalue weighted by Crippen LogP contribution is -2.29. The van der Waals surface area contributed by atoms with Crippen LogP contribution in [0.15, 0.2) is 28.3 Å². The van der Waals surface area contributed by atoms with E-state index >= 15 is 0 Å². The van der Waals surface area contributed by atoms with Crippen LogP contribution in [-0.2, 0) is 13.0 Å². The first-order chi connectivity index (χ1) is 9.40. The quantitative estimate of drug-likeness (QED) is 0.726. The molecule has 0 radical (unpaired) electrons. The van der Waals surface area contributed by atoms with Gasteiger partial charge in [0.25, 0.3) is 0 Å². The van der Waals surface area contributed by atoms with Gasteiger partial charge >= 0.3 is 0 Å². The monoisotopic (exact) mass is 290 g/mol. The van der Waals surface area contributed by atoms with E-state index in [9.17, 15) is 0 Å². The van der Waals surface area contributed by atoms with Crippen LogP contribution in [0.2, 0.25) is 0 Å². The van der Waals surface area contributed by atoms with Gasteiger partial charge in [-0.3, -0.25) is 0 Å². The highest BCUT2D eigenvalue weighted by molar-refractivity contribution is 7.18. The molecule has 0 fully saturated rings. The highest BCUT2D eigenvalue weighted by atomic mass is 32.1. The summed E-state index contributed by atoms with van der Waals surface area (Å²) in [5.74, 6) is 0. The third-order valence-corrected chi connectivity index (χ3v) is 5.12. The summed E-state index contributed by atoms with van der Waals surface area (Å²) in [5.41, 5.74) is 2.22. The second-order valence-corrected chi connectivity index (χ2v) is 6.27. The third-order valence-electron chi connectivity index (χ3n) is 3.17. The molecule has 0 aromatic carbocycles. The number of anilines is 1. The summed E-state index contributed by atoms with van der Waals surface area (Å²) in [4.78, 5) is 3.71. The molecule has 4 heterocycles. The first-order valence-corrected chi connectivity index (χ1v) is 7.64.